The molecule has 0 heterocycles. The topological polar surface area (TPSA) is 12.0 Å². The highest BCUT2D eigenvalue weighted by atomic mass is 35.5. The van der Waals surface area contributed by atoms with E-state index >= 15 is 0 Å². The Morgan fingerprint density at radius 2 is 1.95 bits per heavy atom. The number of rotatable bonds is 5. The lowest BCUT2D eigenvalue weighted by Gasteiger charge is -2.26. The van der Waals surface area contributed by atoms with Gasteiger partial charge in [0, 0.05) is 5.02 Å². The summed E-state index contributed by atoms with van der Waals surface area (Å²) >= 11 is 6.42. The standard InChI is InChI=1S/C17H26ClN/c1-2-12-19-13-14-8-4-3-5-9-15(14)16-10-6-7-11-17(16)18/h6-7,10-11,14-15,19H,2-5,8-9,12-13H2,1H3. The Morgan fingerprint density at radius 3 is 2.74 bits per heavy atom. The van der Waals surface area contributed by atoms with Crippen molar-refractivity contribution in [3.63, 3.8) is 0 Å². The average molecular weight is 280 g/mol. The van der Waals surface area contributed by atoms with E-state index in [2.05, 4.69) is 24.4 Å². The number of hydrogen-bond acceptors (Lipinski definition) is 1. The molecule has 0 aromatic heterocycles. The monoisotopic (exact) mass is 279 g/mol. The zero-order valence-electron chi connectivity index (χ0n) is 12.0. The van der Waals surface area contributed by atoms with Crippen molar-refractivity contribution in [2.75, 3.05) is 13.1 Å². The minimum atomic E-state index is 0.639. The van der Waals surface area contributed by atoms with Crippen LogP contribution in [0.25, 0.3) is 0 Å². The molecule has 0 radical (unpaired) electrons. The Balaban J connectivity index is 2.10. The van der Waals surface area contributed by atoms with Gasteiger partial charge in [-0.3, -0.25) is 0 Å². The van der Waals surface area contributed by atoms with Crippen LogP contribution in [-0.4, -0.2) is 13.1 Å². The zero-order chi connectivity index (χ0) is 13.5. The van der Waals surface area contributed by atoms with Gasteiger partial charge in [0.2, 0.25) is 0 Å². The van der Waals surface area contributed by atoms with Gasteiger partial charge in [0.25, 0.3) is 0 Å². The van der Waals surface area contributed by atoms with Gasteiger partial charge in [-0.05, 0) is 55.8 Å². The lowest BCUT2D eigenvalue weighted by molar-refractivity contribution is 0.376. The van der Waals surface area contributed by atoms with Gasteiger partial charge in [-0.1, -0.05) is 56.0 Å². The van der Waals surface area contributed by atoms with E-state index in [1.54, 1.807) is 0 Å². The minimum absolute atomic E-state index is 0.639. The molecule has 2 unspecified atom stereocenters. The fourth-order valence-electron chi connectivity index (χ4n) is 3.28. The molecular formula is C17H26ClN. The number of hydrogen-bond donors (Lipinski definition) is 1. The third-order valence-corrected chi connectivity index (χ3v) is 4.64. The molecule has 1 nitrogen and oxygen atoms in total. The third-order valence-electron chi connectivity index (χ3n) is 4.30. The van der Waals surface area contributed by atoms with E-state index in [1.807, 2.05) is 12.1 Å². The predicted molar refractivity (Wildman–Crippen MR) is 83.9 cm³/mol. The maximum Gasteiger partial charge on any atom is 0.0440 e. The molecule has 0 amide bonds. The quantitative estimate of drug-likeness (QED) is 0.590. The highest BCUT2D eigenvalue weighted by molar-refractivity contribution is 6.31. The first-order chi connectivity index (χ1) is 9.33. The summed E-state index contributed by atoms with van der Waals surface area (Å²) in [5, 5.41) is 4.56. The minimum Gasteiger partial charge on any atom is -0.316 e. The van der Waals surface area contributed by atoms with Gasteiger partial charge in [0.05, 0.1) is 0 Å². The molecule has 1 aliphatic rings. The number of halogens is 1. The van der Waals surface area contributed by atoms with Crippen LogP contribution in [0.1, 0.15) is 56.9 Å². The second-order valence-electron chi connectivity index (χ2n) is 5.73. The first-order valence-electron chi connectivity index (χ1n) is 7.78. The van der Waals surface area contributed by atoms with Gasteiger partial charge < -0.3 is 5.32 Å². The van der Waals surface area contributed by atoms with E-state index in [-0.39, 0.29) is 0 Å². The summed E-state index contributed by atoms with van der Waals surface area (Å²) in [4.78, 5) is 0. The van der Waals surface area contributed by atoms with Crippen LogP contribution in [0.4, 0.5) is 0 Å². The van der Waals surface area contributed by atoms with E-state index in [4.69, 9.17) is 11.6 Å². The van der Waals surface area contributed by atoms with E-state index < -0.39 is 0 Å². The lowest BCUT2D eigenvalue weighted by Crippen LogP contribution is -2.27. The van der Waals surface area contributed by atoms with Crippen LogP contribution in [0.5, 0.6) is 0 Å². The van der Waals surface area contributed by atoms with E-state index in [0.717, 1.165) is 24.0 Å². The van der Waals surface area contributed by atoms with E-state index in [1.165, 1.54) is 44.1 Å². The van der Waals surface area contributed by atoms with Gasteiger partial charge in [-0.2, -0.15) is 0 Å². The molecular weight excluding hydrogens is 254 g/mol. The Bertz CT molecular complexity index is 377. The highest BCUT2D eigenvalue weighted by Gasteiger charge is 2.26. The first-order valence-corrected chi connectivity index (χ1v) is 8.16. The molecule has 2 atom stereocenters. The fourth-order valence-corrected chi connectivity index (χ4v) is 3.55. The van der Waals surface area contributed by atoms with Crippen molar-refractivity contribution in [2.45, 2.75) is 51.4 Å². The van der Waals surface area contributed by atoms with Crippen LogP contribution in [0.3, 0.4) is 0 Å². The highest BCUT2D eigenvalue weighted by Crippen LogP contribution is 2.39. The van der Waals surface area contributed by atoms with E-state index in [0.29, 0.717) is 5.92 Å². The summed E-state index contributed by atoms with van der Waals surface area (Å²) in [5.41, 5.74) is 1.37. The molecule has 106 valence electrons. The van der Waals surface area contributed by atoms with Gasteiger partial charge in [-0.15, -0.1) is 0 Å². The second kappa shape index (κ2) is 7.91. The molecule has 1 aromatic rings. The van der Waals surface area contributed by atoms with Gasteiger partial charge in [0.15, 0.2) is 0 Å². The molecule has 19 heavy (non-hydrogen) atoms. The Kier molecular flexibility index (Phi) is 6.19. The first kappa shape index (κ1) is 14.9. The summed E-state index contributed by atoms with van der Waals surface area (Å²) in [6.07, 6.45) is 7.95. The summed E-state index contributed by atoms with van der Waals surface area (Å²) in [6, 6.07) is 8.43. The molecule has 0 saturated heterocycles. The molecule has 1 N–H and O–H groups in total. The van der Waals surface area contributed by atoms with E-state index in [9.17, 15) is 0 Å². The molecule has 0 aliphatic heterocycles. The van der Waals surface area contributed by atoms with Crippen molar-refractivity contribution in [1.82, 2.24) is 5.32 Å². The molecule has 1 aromatic carbocycles. The molecule has 0 bridgehead atoms. The average Bonchev–Trinajstić information content (AvgIpc) is 2.65. The van der Waals surface area contributed by atoms with Crippen LogP contribution in [0.2, 0.25) is 5.02 Å². The van der Waals surface area contributed by atoms with Gasteiger partial charge >= 0.3 is 0 Å². The maximum atomic E-state index is 6.42. The van der Waals surface area contributed by atoms with Crippen molar-refractivity contribution >= 4 is 11.6 Å². The van der Waals surface area contributed by atoms with Crippen LogP contribution >= 0.6 is 11.6 Å². The second-order valence-corrected chi connectivity index (χ2v) is 6.14. The number of benzene rings is 1. The van der Waals surface area contributed by atoms with Crippen LogP contribution in [0.15, 0.2) is 24.3 Å². The lowest BCUT2D eigenvalue weighted by atomic mass is 9.82. The molecule has 1 saturated carbocycles. The van der Waals surface area contributed by atoms with Crippen molar-refractivity contribution in [2.24, 2.45) is 5.92 Å². The van der Waals surface area contributed by atoms with Crippen LogP contribution < -0.4 is 5.32 Å². The zero-order valence-corrected chi connectivity index (χ0v) is 12.8. The molecule has 1 aliphatic carbocycles. The van der Waals surface area contributed by atoms with Gasteiger partial charge in [0.1, 0.15) is 0 Å². The van der Waals surface area contributed by atoms with Crippen molar-refractivity contribution in [1.29, 1.82) is 0 Å². The maximum absolute atomic E-state index is 6.42. The molecule has 1 fully saturated rings. The van der Waals surface area contributed by atoms with Crippen molar-refractivity contribution in [3.8, 4) is 0 Å². The summed E-state index contributed by atoms with van der Waals surface area (Å²) < 4.78 is 0. The third kappa shape index (κ3) is 4.22. The Morgan fingerprint density at radius 1 is 1.16 bits per heavy atom. The summed E-state index contributed by atoms with van der Waals surface area (Å²) in [7, 11) is 0. The number of nitrogens with one attached hydrogen (secondary N) is 1. The summed E-state index contributed by atoms with van der Waals surface area (Å²) in [5.74, 6) is 1.38. The molecule has 2 rings (SSSR count). The normalized spacial score (nSPS) is 24.1. The largest absolute Gasteiger partial charge is 0.316 e. The fraction of sp³-hybridized carbons (Fsp3) is 0.647. The van der Waals surface area contributed by atoms with Crippen molar-refractivity contribution < 1.29 is 0 Å². The SMILES string of the molecule is CCCNCC1CCCCCC1c1ccccc1Cl. The Labute approximate surface area is 122 Å². The smallest absolute Gasteiger partial charge is 0.0440 e. The van der Waals surface area contributed by atoms with Crippen LogP contribution in [-0.2, 0) is 0 Å². The van der Waals surface area contributed by atoms with Crippen molar-refractivity contribution in [3.05, 3.63) is 34.9 Å². The van der Waals surface area contributed by atoms with Crippen LogP contribution in [0, 0.1) is 5.92 Å². The molecule has 2 heteroatoms. The predicted octanol–water partition coefficient (Wildman–Crippen LogP) is 5.00. The Hall–Kier alpha value is -0.530. The molecule has 0 spiro atoms. The van der Waals surface area contributed by atoms with Gasteiger partial charge in [-0.25, -0.2) is 0 Å². The summed E-state index contributed by atoms with van der Waals surface area (Å²) in [6.45, 7) is 4.50.